The lowest BCUT2D eigenvalue weighted by Gasteiger charge is -2.35. The molecule has 1 aliphatic heterocycles. The number of methoxy groups -OCH3 is 1. The molecule has 0 spiro atoms. The molecule has 2 fully saturated rings. The van der Waals surface area contributed by atoms with E-state index in [0.29, 0.717) is 24.7 Å². The molecule has 35 heavy (non-hydrogen) atoms. The van der Waals surface area contributed by atoms with Crippen molar-refractivity contribution in [2.45, 2.75) is 50.7 Å². The molecule has 0 bridgehead atoms. The maximum absolute atomic E-state index is 14.1. The summed E-state index contributed by atoms with van der Waals surface area (Å²) >= 11 is 0. The Morgan fingerprint density at radius 3 is 2.86 bits per heavy atom. The summed E-state index contributed by atoms with van der Waals surface area (Å²) in [6.45, 7) is 3.85. The van der Waals surface area contributed by atoms with Crippen LogP contribution in [-0.4, -0.2) is 48.2 Å². The van der Waals surface area contributed by atoms with Gasteiger partial charge in [0.1, 0.15) is 0 Å². The second-order valence-corrected chi connectivity index (χ2v) is 9.85. The van der Waals surface area contributed by atoms with Crippen LogP contribution >= 0.6 is 0 Å². The third-order valence-electron chi connectivity index (χ3n) is 7.47. The molecule has 1 aromatic heterocycles. The fourth-order valence-electron chi connectivity index (χ4n) is 5.54. The topological polar surface area (TPSA) is 70.3 Å². The average molecular weight is 471 g/mol. The van der Waals surface area contributed by atoms with E-state index < -0.39 is 0 Å². The number of para-hydroxylation sites is 1. The number of carbonyl (C=O) groups is 1. The van der Waals surface area contributed by atoms with Gasteiger partial charge in [-0.1, -0.05) is 30.3 Å². The number of rotatable bonds is 9. The Labute approximate surface area is 207 Å². The number of benzene rings is 2. The molecule has 1 amide bonds. The Bertz CT molecular complexity index is 1220. The van der Waals surface area contributed by atoms with Crippen molar-refractivity contribution in [3.8, 4) is 6.07 Å². The number of carbonyl (C=O) groups excluding carboxylic acids is 1. The number of nitrogens with one attached hydrogen (secondary N) is 1. The zero-order chi connectivity index (χ0) is 24.2. The first-order valence-electron chi connectivity index (χ1n) is 12.8. The first kappa shape index (κ1) is 23.6. The standard InChI is InChI=1S/C29H34N4O2/c1-35-15-5-14-32-19-23(26-8-2-3-9-28(26)32)20-33(24-10-11-24)29(34)27-18-31-13-12-25(27)22-7-4-6-21(16-22)17-30/h2-4,6-9,16,19,24-25,27,31H,5,10-15,18,20H2,1H3/t25-,27+/m1/s1. The molecule has 182 valence electrons. The molecule has 1 saturated heterocycles. The smallest absolute Gasteiger partial charge is 0.228 e. The van der Waals surface area contributed by atoms with Crippen LogP contribution in [0.2, 0.25) is 0 Å². The number of aromatic nitrogens is 1. The number of nitrogens with zero attached hydrogens (tertiary/aromatic N) is 3. The van der Waals surface area contributed by atoms with Crippen LogP contribution in [-0.2, 0) is 22.6 Å². The van der Waals surface area contributed by atoms with Gasteiger partial charge in [0, 0.05) is 56.5 Å². The Hall–Kier alpha value is -3.14. The Balaban J connectivity index is 1.41. The number of amides is 1. The van der Waals surface area contributed by atoms with E-state index in [1.165, 1.54) is 16.5 Å². The maximum Gasteiger partial charge on any atom is 0.228 e. The van der Waals surface area contributed by atoms with Crippen LogP contribution in [0.3, 0.4) is 0 Å². The minimum absolute atomic E-state index is 0.117. The number of piperidine rings is 1. The van der Waals surface area contributed by atoms with Crippen molar-refractivity contribution in [3.63, 3.8) is 0 Å². The zero-order valence-electron chi connectivity index (χ0n) is 20.5. The van der Waals surface area contributed by atoms with Crippen LogP contribution in [0.1, 0.15) is 48.3 Å². The van der Waals surface area contributed by atoms with E-state index in [-0.39, 0.29) is 17.7 Å². The van der Waals surface area contributed by atoms with Crippen molar-refractivity contribution in [1.29, 1.82) is 5.26 Å². The predicted octanol–water partition coefficient (Wildman–Crippen LogP) is 4.43. The monoisotopic (exact) mass is 470 g/mol. The summed E-state index contributed by atoms with van der Waals surface area (Å²) in [5.41, 5.74) is 4.19. The van der Waals surface area contributed by atoms with Crippen LogP contribution < -0.4 is 5.32 Å². The lowest BCUT2D eigenvalue weighted by atomic mass is 9.80. The molecule has 0 radical (unpaired) electrons. The molecular weight excluding hydrogens is 436 g/mol. The van der Waals surface area contributed by atoms with E-state index in [1.54, 1.807) is 7.11 Å². The molecule has 1 N–H and O–H groups in total. The van der Waals surface area contributed by atoms with Crippen molar-refractivity contribution in [2.24, 2.45) is 5.92 Å². The van der Waals surface area contributed by atoms with Gasteiger partial charge in [-0.25, -0.2) is 0 Å². The molecule has 1 aliphatic carbocycles. The van der Waals surface area contributed by atoms with Gasteiger partial charge >= 0.3 is 0 Å². The van der Waals surface area contributed by atoms with E-state index in [9.17, 15) is 10.1 Å². The van der Waals surface area contributed by atoms with E-state index in [2.05, 4.69) is 57.4 Å². The van der Waals surface area contributed by atoms with E-state index in [1.807, 2.05) is 18.2 Å². The van der Waals surface area contributed by atoms with Crippen molar-refractivity contribution in [2.75, 3.05) is 26.8 Å². The van der Waals surface area contributed by atoms with Crippen LogP contribution in [0.25, 0.3) is 10.9 Å². The van der Waals surface area contributed by atoms with Crippen molar-refractivity contribution >= 4 is 16.8 Å². The highest BCUT2D eigenvalue weighted by molar-refractivity contribution is 5.85. The quantitative estimate of drug-likeness (QED) is 0.470. The summed E-state index contributed by atoms with van der Waals surface area (Å²) < 4.78 is 7.56. The van der Waals surface area contributed by atoms with Gasteiger partial charge in [-0.15, -0.1) is 0 Å². The van der Waals surface area contributed by atoms with Crippen molar-refractivity contribution in [3.05, 3.63) is 71.4 Å². The summed E-state index contributed by atoms with van der Waals surface area (Å²) in [4.78, 5) is 16.2. The van der Waals surface area contributed by atoms with Gasteiger partial charge in [-0.2, -0.15) is 5.26 Å². The lowest BCUT2D eigenvalue weighted by Crippen LogP contribution is -2.47. The first-order valence-corrected chi connectivity index (χ1v) is 12.8. The molecule has 2 aromatic carbocycles. The van der Waals surface area contributed by atoms with E-state index in [4.69, 9.17) is 4.74 Å². The second-order valence-electron chi connectivity index (χ2n) is 9.85. The number of ether oxygens (including phenoxy) is 1. The van der Waals surface area contributed by atoms with Gasteiger partial charge in [0.15, 0.2) is 0 Å². The summed E-state index contributed by atoms with van der Waals surface area (Å²) in [5, 5.41) is 14.1. The second kappa shape index (κ2) is 10.6. The highest BCUT2D eigenvalue weighted by atomic mass is 16.5. The van der Waals surface area contributed by atoms with Crippen LogP contribution in [0.4, 0.5) is 0 Å². The molecule has 0 unspecified atom stereocenters. The number of aryl methyl sites for hydroxylation is 1. The van der Waals surface area contributed by atoms with E-state index >= 15 is 0 Å². The van der Waals surface area contributed by atoms with Gasteiger partial charge in [-0.05, 0) is 67.5 Å². The fourth-order valence-corrected chi connectivity index (χ4v) is 5.54. The minimum atomic E-state index is -0.117. The molecule has 3 aromatic rings. The maximum atomic E-state index is 14.1. The average Bonchev–Trinajstić information content (AvgIpc) is 3.69. The Morgan fingerprint density at radius 2 is 2.06 bits per heavy atom. The minimum Gasteiger partial charge on any atom is -0.385 e. The van der Waals surface area contributed by atoms with Gasteiger partial charge in [-0.3, -0.25) is 4.79 Å². The number of hydrogen-bond acceptors (Lipinski definition) is 4. The normalized spacial score (nSPS) is 20.0. The van der Waals surface area contributed by atoms with Crippen molar-refractivity contribution in [1.82, 2.24) is 14.8 Å². The summed E-state index contributed by atoms with van der Waals surface area (Å²) in [6, 6.07) is 18.9. The Morgan fingerprint density at radius 1 is 1.20 bits per heavy atom. The highest BCUT2D eigenvalue weighted by Crippen LogP contribution is 2.37. The van der Waals surface area contributed by atoms with Gasteiger partial charge in [0.2, 0.25) is 5.91 Å². The SMILES string of the molecule is COCCCn1cc(CN(C(=O)[C@H]2CNCC[C@@H]2c2cccc(C#N)c2)C2CC2)c2ccccc21. The van der Waals surface area contributed by atoms with Crippen LogP contribution in [0, 0.1) is 17.2 Å². The van der Waals surface area contributed by atoms with E-state index in [0.717, 1.165) is 50.9 Å². The molecule has 6 nitrogen and oxygen atoms in total. The number of nitriles is 1. The van der Waals surface area contributed by atoms with Gasteiger partial charge in [0.25, 0.3) is 0 Å². The molecular formula is C29H34N4O2. The third-order valence-corrected chi connectivity index (χ3v) is 7.47. The van der Waals surface area contributed by atoms with Gasteiger partial charge < -0.3 is 19.5 Å². The molecule has 5 rings (SSSR count). The molecule has 2 atom stereocenters. The summed E-state index contributed by atoms with van der Waals surface area (Å²) in [6.07, 6.45) is 6.25. The summed E-state index contributed by atoms with van der Waals surface area (Å²) in [5.74, 6) is 0.255. The van der Waals surface area contributed by atoms with Crippen LogP contribution in [0.15, 0.2) is 54.7 Å². The zero-order valence-corrected chi connectivity index (χ0v) is 20.5. The fraction of sp³-hybridized carbons (Fsp3) is 0.448. The largest absolute Gasteiger partial charge is 0.385 e. The number of fused-ring (bicyclic) bond motifs is 1. The molecule has 2 aliphatic rings. The predicted molar refractivity (Wildman–Crippen MR) is 137 cm³/mol. The first-order chi connectivity index (χ1) is 17.2. The molecule has 6 heteroatoms. The molecule has 1 saturated carbocycles. The van der Waals surface area contributed by atoms with Crippen molar-refractivity contribution < 1.29 is 9.53 Å². The number of hydrogen-bond donors (Lipinski definition) is 1. The lowest BCUT2D eigenvalue weighted by molar-refractivity contribution is -0.138. The Kier molecular flexibility index (Phi) is 7.17. The highest BCUT2D eigenvalue weighted by Gasteiger charge is 2.40. The summed E-state index contributed by atoms with van der Waals surface area (Å²) in [7, 11) is 1.74. The van der Waals surface area contributed by atoms with Gasteiger partial charge in [0.05, 0.1) is 17.6 Å². The third kappa shape index (κ3) is 5.12. The van der Waals surface area contributed by atoms with Crippen LogP contribution in [0.5, 0.6) is 0 Å². The molecule has 2 heterocycles.